The lowest BCUT2D eigenvalue weighted by Crippen LogP contribution is -2.19. The average Bonchev–Trinajstić information content (AvgIpc) is 2.47. The Kier molecular flexibility index (Phi) is 4.34. The van der Waals surface area contributed by atoms with Gasteiger partial charge >= 0.3 is 0 Å². The van der Waals surface area contributed by atoms with Gasteiger partial charge in [-0.25, -0.2) is 0 Å². The van der Waals surface area contributed by atoms with Gasteiger partial charge in [0.2, 0.25) is 0 Å². The van der Waals surface area contributed by atoms with Gasteiger partial charge in [-0.15, -0.1) is 0 Å². The maximum atomic E-state index is 9.86. The predicted molar refractivity (Wildman–Crippen MR) is 78.1 cm³/mol. The molecule has 1 unspecified atom stereocenters. The fourth-order valence-electron chi connectivity index (χ4n) is 2.12. The van der Waals surface area contributed by atoms with E-state index < -0.39 is 6.10 Å². The molecule has 0 amide bonds. The van der Waals surface area contributed by atoms with Crippen molar-refractivity contribution in [2.45, 2.75) is 19.6 Å². The van der Waals surface area contributed by atoms with Crippen LogP contribution in [0.2, 0.25) is 0 Å². The van der Waals surface area contributed by atoms with Crippen LogP contribution < -0.4 is 4.90 Å². The number of nitrogens with zero attached hydrogens (tertiary/aromatic N) is 3. The molecule has 0 aliphatic rings. The maximum absolute atomic E-state index is 9.86. The SMILES string of the molecule is CC(O)c1ccc(C#N)cc1N(C)Cc1ccccn1. The minimum atomic E-state index is -0.580. The van der Waals surface area contributed by atoms with Crippen molar-refractivity contribution in [2.24, 2.45) is 0 Å². The van der Waals surface area contributed by atoms with Crippen molar-refractivity contribution in [3.63, 3.8) is 0 Å². The van der Waals surface area contributed by atoms with Crippen molar-refractivity contribution < 1.29 is 5.11 Å². The van der Waals surface area contributed by atoms with Crippen molar-refractivity contribution in [1.29, 1.82) is 5.26 Å². The van der Waals surface area contributed by atoms with E-state index in [4.69, 9.17) is 5.26 Å². The molecule has 1 N–H and O–H groups in total. The standard InChI is InChI=1S/C16H17N3O/c1-12(20)15-7-6-13(10-17)9-16(15)19(2)11-14-5-3-4-8-18-14/h3-9,12,20H,11H2,1-2H3. The molecule has 1 heterocycles. The highest BCUT2D eigenvalue weighted by Crippen LogP contribution is 2.27. The first-order valence-corrected chi connectivity index (χ1v) is 6.45. The van der Waals surface area contributed by atoms with Gasteiger partial charge < -0.3 is 10.0 Å². The van der Waals surface area contributed by atoms with Crippen LogP contribution in [0.25, 0.3) is 0 Å². The summed E-state index contributed by atoms with van der Waals surface area (Å²) in [7, 11) is 1.93. The molecule has 0 saturated heterocycles. The molecule has 20 heavy (non-hydrogen) atoms. The van der Waals surface area contributed by atoms with Crippen molar-refractivity contribution >= 4 is 5.69 Å². The van der Waals surface area contributed by atoms with Crippen LogP contribution in [0.5, 0.6) is 0 Å². The molecule has 0 spiro atoms. The van der Waals surface area contributed by atoms with E-state index >= 15 is 0 Å². The molecular weight excluding hydrogens is 250 g/mol. The number of aliphatic hydroxyl groups is 1. The van der Waals surface area contributed by atoms with Crippen molar-refractivity contribution in [3.8, 4) is 6.07 Å². The normalized spacial score (nSPS) is 11.7. The van der Waals surface area contributed by atoms with Crippen LogP contribution in [0.1, 0.15) is 29.8 Å². The van der Waals surface area contributed by atoms with Crippen LogP contribution >= 0.6 is 0 Å². The van der Waals surface area contributed by atoms with Gasteiger partial charge in [0.25, 0.3) is 0 Å². The molecule has 1 atom stereocenters. The molecule has 2 aromatic rings. The summed E-state index contributed by atoms with van der Waals surface area (Å²) in [6, 6.07) is 13.2. The molecule has 0 aliphatic heterocycles. The first-order valence-electron chi connectivity index (χ1n) is 6.45. The fourth-order valence-corrected chi connectivity index (χ4v) is 2.12. The first-order chi connectivity index (χ1) is 9.61. The molecule has 4 nitrogen and oxygen atoms in total. The van der Waals surface area contributed by atoms with Crippen LogP contribution in [0.15, 0.2) is 42.6 Å². The highest BCUT2D eigenvalue weighted by atomic mass is 16.3. The monoisotopic (exact) mass is 267 g/mol. The van der Waals surface area contributed by atoms with Gasteiger partial charge in [0.05, 0.1) is 30.0 Å². The third kappa shape index (κ3) is 3.14. The van der Waals surface area contributed by atoms with Gasteiger partial charge in [0, 0.05) is 24.5 Å². The summed E-state index contributed by atoms with van der Waals surface area (Å²) in [6.07, 6.45) is 1.17. The zero-order valence-electron chi connectivity index (χ0n) is 11.6. The van der Waals surface area contributed by atoms with E-state index in [0.717, 1.165) is 16.9 Å². The summed E-state index contributed by atoms with van der Waals surface area (Å²) in [5.74, 6) is 0. The van der Waals surface area contributed by atoms with Gasteiger partial charge in [-0.2, -0.15) is 5.26 Å². The number of aliphatic hydroxyl groups excluding tert-OH is 1. The lowest BCUT2D eigenvalue weighted by molar-refractivity contribution is 0.199. The Balaban J connectivity index is 2.32. The number of benzene rings is 1. The summed E-state index contributed by atoms with van der Waals surface area (Å²) >= 11 is 0. The highest BCUT2D eigenvalue weighted by molar-refractivity contribution is 5.58. The topological polar surface area (TPSA) is 60.1 Å². The quantitative estimate of drug-likeness (QED) is 0.925. The number of aromatic nitrogens is 1. The van der Waals surface area contributed by atoms with Crippen LogP contribution in [0.4, 0.5) is 5.69 Å². The largest absolute Gasteiger partial charge is 0.389 e. The van der Waals surface area contributed by atoms with E-state index in [9.17, 15) is 5.11 Å². The number of hydrogen-bond donors (Lipinski definition) is 1. The second kappa shape index (κ2) is 6.18. The molecule has 2 rings (SSSR count). The molecule has 0 fully saturated rings. The van der Waals surface area contributed by atoms with Crippen molar-refractivity contribution in [1.82, 2.24) is 4.98 Å². The predicted octanol–water partition coefficient (Wildman–Crippen LogP) is 2.64. The van der Waals surface area contributed by atoms with Gasteiger partial charge in [-0.1, -0.05) is 12.1 Å². The van der Waals surface area contributed by atoms with Gasteiger partial charge in [-0.05, 0) is 31.2 Å². The molecule has 0 radical (unpaired) electrons. The molecule has 1 aromatic carbocycles. The molecule has 0 aliphatic carbocycles. The van der Waals surface area contributed by atoms with E-state index in [-0.39, 0.29) is 0 Å². The molecular formula is C16H17N3O. The van der Waals surface area contributed by atoms with Gasteiger partial charge in [0.1, 0.15) is 0 Å². The van der Waals surface area contributed by atoms with E-state index in [0.29, 0.717) is 12.1 Å². The van der Waals surface area contributed by atoms with E-state index in [1.807, 2.05) is 30.1 Å². The molecule has 0 bridgehead atoms. The smallest absolute Gasteiger partial charge is 0.0992 e. The van der Waals surface area contributed by atoms with E-state index in [2.05, 4.69) is 11.1 Å². The van der Waals surface area contributed by atoms with E-state index in [1.54, 1.807) is 31.3 Å². The molecule has 1 aromatic heterocycles. The first kappa shape index (κ1) is 14.0. The summed E-state index contributed by atoms with van der Waals surface area (Å²) in [5, 5.41) is 18.9. The van der Waals surface area contributed by atoms with Crippen molar-refractivity contribution in [3.05, 3.63) is 59.4 Å². The molecule has 102 valence electrons. The molecule has 4 heteroatoms. The second-order valence-electron chi connectivity index (χ2n) is 4.74. The number of rotatable bonds is 4. The van der Waals surface area contributed by atoms with Gasteiger partial charge in [-0.3, -0.25) is 4.98 Å². The third-order valence-electron chi connectivity index (χ3n) is 3.15. The zero-order valence-corrected chi connectivity index (χ0v) is 11.6. The number of hydrogen-bond acceptors (Lipinski definition) is 4. The Morgan fingerprint density at radius 3 is 2.75 bits per heavy atom. The summed E-state index contributed by atoms with van der Waals surface area (Å²) in [5.41, 5.74) is 3.18. The summed E-state index contributed by atoms with van der Waals surface area (Å²) in [4.78, 5) is 6.28. The Morgan fingerprint density at radius 1 is 1.35 bits per heavy atom. The lowest BCUT2D eigenvalue weighted by Gasteiger charge is -2.23. The van der Waals surface area contributed by atoms with Crippen LogP contribution in [-0.2, 0) is 6.54 Å². The Bertz CT molecular complexity index is 617. The van der Waals surface area contributed by atoms with Crippen LogP contribution in [0.3, 0.4) is 0 Å². The van der Waals surface area contributed by atoms with Crippen LogP contribution in [0, 0.1) is 11.3 Å². The van der Waals surface area contributed by atoms with Gasteiger partial charge in [0.15, 0.2) is 0 Å². The number of nitriles is 1. The second-order valence-corrected chi connectivity index (χ2v) is 4.74. The minimum Gasteiger partial charge on any atom is -0.389 e. The number of pyridine rings is 1. The summed E-state index contributed by atoms with van der Waals surface area (Å²) < 4.78 is 0. The Morgan fingerprint density at radius 2 is 2.15 bits per heavy atom. The lowest BCUT2D eigenvalue weighted by atomic mass is 10.0. The third-order valence-corrected chi connectivity index (χ3v) is 3.15. The Labute approximate surface area is 118 Å². The molecule has 0 saturated carbocycles. The minimum absolute atomic E-state index is 0.580. The average molecular weight is 267 g/mol. The Hall–Kier alpha value is -2.38. The highest BCUT2D eigenvalue weighted by Gasteiger charge is 2.13. The van der Waals surface area contributed by atoms with E-state index in [1.165, 1.54) is 0 Å². The maximum Gasteiger partial charge on any atom is 0.0992 e. The number of anilines is 1. The van der Waals surface area contributed by atoms with Crippen molar-refractivity contribution in [2.75, 3.05) is 11.9 Å². The zero-order chi connectivity index (χ0) is 14.5. The fraction of sp³-hybridized carbons (Fsp3) is 0.250. The summed E-state index contributed by atoms with van der Waals surface area (Å²) in [6.45, 7) is 2.34. The van der Waals surface area contributed by atoms with Crippen LogP contribution in [-0.4, -0.2) is 17.1 Å².